The van der Waals surface area contributed by atoms with Gasteiger partial charge in [-0.1, -0.05) is 32.9 Å². The SMILES string of the molecule is COC1(OC)NC(=N)c2cccc(OCC(C)CC(C)C)c21. The second-order valence-corrected chi connectivity index (χ2v) is 6.25. The summed E-state index contributed by atoms with van der Waals surface area (Å²) in [6.07, 6.45) is 1.11. The van der Waals surface area contributed by atoms with Crippen molar-refractivity contribution in [3.8, 4) is 5.75 Å². The van der Waals surface area contributed by atoms with E-state index in [2.05, 4.69) is 26.1 Å². The van der Waals surface area contributed by atoms with Crippen molar-refractivity contribution in [3.63, 3.8) is 0 Å². The molecule has 0 radical (unpaired) electrons. The minimum Gasteiger partial charge on any atom is -0.493 e. The third kappa shape index (κ3) is 3.10. The average Bonchev–Trinajstić information content (AvgIpc) is 2.78. The molecule has 1 aliphatic heterocycles. The lowest BCUT2D eigenvalue weighted by Gasteiger charge is -2.28. The standard InChI is InChI=1S/C17H26N2O3/c1-11(2)9-12(3)10-22-14-8-6-7-13-15(14)17(20-4,21-5)19-16(13)18/h6-8,11-12H,9-10H2,1-5H3,(H2,18,19). The van der Waals surface area contributed by atoms with E-state index in [0.717, 1.165) is 17.5 Å². The molecule has 2 N–H and O–H groups in total. The fourth-order valence-corrected chi connectivity index (χ4v) is 2.99. The zero-order valence-corrected chi connectivity index (χ0v) is 14.0. The normalized spacial score (nSPS) is 17.3. The molecule has 1 aliphatic rings. The first-order valence-electron chi connectivity index (χ1n) is 7.67. The van der Waals surface area contributed by atoms with Crippen molar-refractivity contribution >= 4 is 5.84 Å². The lowest BCUT2D eigenvalue weighted by molar-refractivity contribution is -0.224. The molecule has 22 heavy (non-hydrogen) atoms. The molecule has 0 saturated heterocycles. The highest BCUT2D eigenvalue weighted by Gasteiger charge is 2.45. The van der Waals surface area contributed by atoms with Crippen LogP contribution in [0.4, 0.5) is 0 Å². The molecule has 5 heteroatoms. The summed E-state index contributed by atoms with van der Waals surface area (Å²) in [5.41, 5.74) is 1.49. The van der Waals surface area contributed by atoms with Crippen molar-refractivity contribution in [2.45, 2.75) is 33.1 Å². The average molecular weight is 306 g/mol. The Labute approximate surface area is 132 Å². The number of benzene rings is 1. The maximum absolute atomic E-state index is 8.07. The first-order chi connectivity index (χ1) is 10.4. The van der Waals surface area contributed by atoms with Crippen LogP contribution < -0.4 is 10.1 Å². The van der Waals surface area contributed by atoms with Gasteiger partial charge in [0.15, 0.2) is 0 Å². The van der Waals surface area contributed by atoms with Crippen molar-refractivity contribution in [1.29, 1.82) is 5.41 Å². The molecule has 0 bridgehead atoms. The summed E-state index contributed by atoms with van der Waals surface area (Å²) in [5.74, 6) is 0.937. The molecule has 1 aromatic rings. The van der Waals surface area contributed by atoms with Crippen LogP contribution in [0.5, 0.6) is 5.75 Å². The molecule has 5 nitrogen and oxygen atoms in total. The van der Waals surface area contributed by atoms with Gasteiger partial charge in [-0.15, -0.1) is 0 Å². The first kappa shape index (κ1) is 16.8. The maximum atomic E-state index is 8.07. The summed E-state index contributed by atoms with van der Waals surface area (Å²) in [6.45, 7) is 7.24. The monoisotopic (exact) mass is 306 g/mol. The van der Waals surface area contributed by atoms with Gasteiger partial charge >= 0.3 is 0 Å². The van der Waals surface area contributed by atoms with Gasteiger partial charge in [-0.3, -0.25) is 5.41 Å². The zero-order valence-electron chi connectivity index (χ0n) is 14.0. The summed E-state index contributed by atoms with van der Waals surface area (Å²) in [4.78, 5) is 0. The third-order valence-electron chi connectivity index (χ3n) is 3.89. The van der Waals surface area contributed by atoms with E-state index in [1.165, 1.54) is 0 Å². The number of rotatable bonds is 7. The van der Waals surface area contributed by atoms with Gasteiger partial charge in [-0.2, -0.15) is 0 Å². The second kappa shape index (κ2) is 6.67. The van der Waals surface area contributed by atoms with Crippen molar-refractivity contribution in [2.75, 3.05) is 20.8 Å². The quantitative estimate of drug-likeness (QED) is 0.760. The largest absolute Gasteiger partial charge is 0.493 e. The van der Waals surface area contributed by atoms with Gasteiger partial charge in [0, 0.05) is 19.8 Å². The van der Waals surface area contributed by atoms with Crippen LogP contribution in [0.15, 0.2) is 18.2 Å². The predicted molar refractivity (Wildman–Crippen MR) is 86.2 cm³/mol. The van der Waals surface area contributed by atoms with Crippen molar-refractivity contribution in [3.05, 3.63) is 29.3 Å². The van der Waals surface area contributed by atoms with Crippen LogP contribution in [-0.2, 0) is 15.4 Å². The summed E-state index contributed by atoms with van der Waals surface area (Å²) in [6, 6.07) is 5.65. The molecule has 122 valence electrons. The second-order valence-electron chi connectivity index (χ2n) is 6.25. The van der Waals surface area contributed by atoms with Gasteiger partial charge in [-0.25, -0.2) is 0 Å². The van der Waals surface area contributed by atoms with Crippen LogP contribution in [0.1, 0.15) is 38.3 Å². The van der Waals surface area contributed by atoms with Crippen LogP contribution in [0.25, 0.3) is 0 Å². The van der Waals surface area contributed by atoms with E-state index in [9.17, 15) is 0 Å². The highest BCUT2D eigenvalue weighted by Crippen LogP contribution is 2.39. The van der Waals surface area contributed by atoms with Gasteiger partial charge < -0.3 is 19.5 Å². The lowest BCUT2D eigenvalue weighted by atomic mass is 10.00. The number of fused-ring (bicyclic) bond motifs is 1. The number of hydrogen-bond acceptors (Lipinski definition) is 4. The molecule has 1 atom stereocenters. The molecule has 1 heterocycles. The van der Waals surface area contributed by atoms with Crippen LogP contribution in [0, 0.1) is 17.2 Å². The molecule has 0 aromatic heterocycles. The summed E-state index contributed by atoms with van der Waals surface area (Å²) in [7, 11) is 3.11. The minimum atomic E-state index is -1.15. The smallest absolute Gasteiger partial charge is 0.282 e. The molecular weight excluding hydrogens is 280 g/mol. The first-order valence-corrected chi connectivity index (χ1v) is 7.67. The molecule has 2 rings (SSSR count). The van der Waals surface area contributed by atoms with E-state index >= 15 is 0 Å². The minimum absolute atomic E-state index is 0.277. The van der Waals surface area contributed by atoms with E-state index < -0.39 is 5.91 Å². The van der Waals surface area contributed by atoms with E-state index in [0.29, 0.717) is 24.2 Å². The van der Waals surface area contributed by atoms with Crippen LogP contribution >= 0.6 is 0 Å². The van der Waals surface area contributed by atoms with E-state index in [1.54, 1.807) is 14.2 Å². The molecule has 0 amide bonds. The Kier molecular flexibility index (Phi) is 5.08. The van der Waals surface area contributed by atoms with Crippen LogP contribution in [0.3, 0.4) is 0 Å². The number of nitrogens with one attached hydrogen (secondary N) is 2. The number of methoxy groups -OCH3 is 2. The molecule has 1 aromatic carbocycles. The third-order valence-corrected chi connectivity index (χ3v) is 3.89. The van der Waals surface area contributed by atoms with Gasteiger partial charge in [0.2, 0.25) is 0 Å². The van der Waals surface area contributed by atoms with Crippen LogP contribution in [0.2, 0.25) is 0 Å². The Morgan fingerprint density at radius 2 is 1.86 bits per heavy atom. The van der Waals surface area contributed by atoms with Crippen molar-refractivity contribution < 1.29 is 14.2 Å². The topological polar surface area (TPSA) is 63.6 Å². The Balaban J connectivity index is 2.26. The van der Waals surface area contributed by atoms with Gasteiger partial charge in [0.05, 0.1) is 12.2 Å². The zero-order chi connectivity index (χ0) is 16.3. The fourth-order valence-electron chi connectivity index (χ4n) is 2.99. The Bertz CT molecular complexity index is 539. The van der Waals surface area contributed by atoms with Crippen molar-refractivity contribution in [1.82, 2.24) is 5.32 Å². The highest BCUT2D eigenvalue weighted by molar-refractivity contribution is 6.02. The summed E-state index contributed by atoms with van der Waals surface area (Å²) >= 11 is 0. The van der Waals surface area contributed by atoms with Crippen LogP contribution in [-0.4, -0.2) is 26.7 Å². The fraction of sp³-hybridized carbons (Fsp3) is 0.588. The summed E-state index contributed by atoms with van der Waals surface area (Å²) in [5, 5.41) is 11.0. The maximum Gasteiger partial charge on any atom is 0.282 e. The van der Waals surface area contributed by atoms with Gasteiger partial charge in [0.25, 0.3) is 5.91 Å². The van der Waals surface area contributed by atoms with E-state index in [-0.39, 0.29) is 5.84 Å². The molecular formula is C17H26N2O3. The molecule has 0 saturated carbocycles. The molecule has 0 spiro atoms. The Morgan fingerprint density at radius 3 is 2.45 bits per heavy atom. The molecule has 1 unspecified atom stereocenters. The molecule has 0 aliphatic carbocycles. The number of amidine groups is 1. The Hall–Kier alpha value is -1.59. The number of ether oxygens (including phenoxy) is 3. The lowest BCUT2D eigenvalue weighted by Crippen LogP contribution is -2.43. The van der Waals surface area contributed by atoms with Gasteiger partial charge in [0.1, 0.15) is 11.6 Å². The molecule has 0 fully saturated rings. The van der Waals surface area contributed by atoms with E-state index in [1.807, 2.05) is 18.2 Å². The predicted octanol–water partition coefficient (Wildman–Crippen LogP) is 3.08. The van der Waals surface area contributed by atoms with Gasteiger partial charge in [-0.05, 0) is 24.3 Å². The van der Waals surface area contributed by atoms with E-state index in [4.69, 9.17) is 19.6 Å². The number of hydrogen-bond donors (Lipinski definition) is 2. The Morgan fingerprint density at radius 1 is 1.18 bits per heavy atom. The highest BCUT2D eigenvalue weighted by atomic mass is 16.7. The van der Waals surface area contributed by atoms with Crippen molar-refractivity contribution in [2.24, 2.45) is 11.8 Å². The summed E-state index contributed by atoms with van der Waals surface area (Å²) < 4.78 is 17.0.